The van der Waals surface area contributed by atoms with E-state index in [4.69, 9.17) is 4.74 Å². The predicted octanol–water partition coefficient (Wildman–Crippen LogP) is 4.28. The first-order valence-electron chi connectivity index (χ1n) is 10.5. The number of amides is 1. The highest BCUT2D eigenvalue weighted by Gasteiger charge is 2.51. The van der Waals surface area contributed by atoms with Gasteiger partial charge >= 0.3 is 12.1 Å². The molecule has 1 spiro atoms. The molecule has 3 heterocycles. The van der Waals surface area contributed by atoms with E-state index in [1.165, 1.54) is 18.3 Å². The number of nitrogens with zero attached hydrogens (tertiary/aromatic N) is 2. The summed E-state index contributed by atoms with van der Waals surface area (Å²) in [5.74, 6) is -1.77. The molecule has 7 nitrogen and oxygen atoms in total. The van der Waals surface area contributed by atoms with E-state index in [2.05, 4.69) is 15.3 Å². The first-order chi connectivity index (χ1) is 15.2. The van der Waals surface area contributed by atoms with Crippen molar-refractivity contribution in [2.75, 3.05) is 5.32 Å². The van der Waals surface area contributed by atoms with E-state index < -0.39 is 35.1 Å². The van der Waals surface area contributed by atoms with Gasteiger partial charge < -0.3 is 15.2 Å². The van der Waals surface area contributed by atoms with Crippen LogP contribution in [0.25, 0.3) is 0 Å². The minimum atomic E-state index is -4.58. The van der Waals surface area contributed by atoms with E-state index in [0.29, 0.717) is 29.8 Å². The Morgan fingerprint density at radius 3 is 2.53 bits per heavy atom. The molecule has 10 heteroatoms. The molecule has 2 aromatic heterocycles. The van der Waals surface area contributed by atoms with Crippen LogP contribution < -0.4 is 10.1 Å². The number of carbonyl (C=O) groups is 2. The maximum atomic E-state index is 13.6. The number of ether oxygens (including phenoxy) is 1. The molecular formula is C22H20F3N3O4. The third-order valence-corrected chi connectivity index (χ3v) is 6.54. The normalized spacial score (nSPS) is 24.8. The first kappa shape index (κ1) is 20.7. The van der Waals surface area contributed by atoms with Gasteiger partial charge in [0.15, 0.2) is 0 Å². The lowest BCUT2D eigenvalue weighted by Crippen LogP contribution is -2.41. The molecule has 0 radical (unpaired) electrons. The second-order valence-corrected chi connectivity index (χ2v) is 8.64. The van der Waals surface area contributed by atoms with E-state index in [-0.39, 0.29) is 30.4 Å². The van der Waals surface area contributed by atoms with Crippen LogP contribution in [0.15, 0.2) is 24.4 Å². The summed E-state index contributed by atoms with van der Waals surface area (Å²) >= 11 is 0. The fraction of sp³-hybridized carbons (Fsp3) is 0.455. The van der Waals surface area contributed by atoms with E-state index in [0.717, 1.165) is 18.9 Å². The SMILES string of the molecule is O=C(O)c1ccc2c(n1)C1(CCC(Oc3ncc(C4CC4)cc3C(F)(F)F)CC1)C(=O)N2. The Bertz CT molecular complexity index is 1110. The summed E-state index contributed by atoms with van der Waals surface area (Å²) in [6.45, 7) is 0. The average molecular weight is 447 g/mol. The van der Waals surface area contributed by atoms with Gasteiger partial charge in [0.1, 0.15) is 17.4 Å². The Hall–Kier alpha value is -3.17. The summed E-state index contributed by atoms with van der Waals surface area (Å²) < 4.78 is 46.5. The smallest absolute Gasteiger partial charge is 0.421 e. The number of pyridine rings is 2. The summed E-state index contributed by atoms with van der Waals surface area (Å²) in [7, 11) is 0. The summed E-state index contributed by atoms with van der Waals surface area (Å²) in [6, 6.07) is 3.97. The molecule has 2 N–H and O–H groups in total. The van der Waals surface area contributed by atoms with Gasteiger partial charge in [-0.05, 0) is 68.2 Å². The van der Waals surface area contributed by atoms with Crippen LogP contribution >= 0.6 is 0 Å². The van der Waals surface area contributed by atoms with Crippen molar-refractivity contribution in [3.8, 4) is 5.88 Å². The molecule has 2 fully saturated rings. The highest BCUT2D eigenvalue weighted by Crippen LogP contribution is 2.48. The standard InChI is InChI=1S/C22H20F3N3O4/c23-22(24,25)14-9-12(11-1-2-11)10-26-18(14)32-13-5-7-21(8-6-13)17-15(28-20(21)31)3-4-16(27-17)19(29)30/h3-4,9-11,13H,1-2,5-8H2,(H,28,31)(H,29,30). The van der Waals surface area contributed by atoms with Crippen molar-refractivity contribution in [1.82, 2.24) is 9.97 Å². The van der Waals surface area contributed by atoms with E-state index in [9.17, 15) is 27.9 Å². The Morgan fingerprint density at radius 2 is 1.91 bits per heavy atom. The molecule has 0 saturated heterocycles. The quantitative estimate of drug-likeness (QED) is 0.726. The molecule has 0 atom stereocenters. The molecule has 2 aromatic rings. The number of alkyl halides is 3. The summed E-state index contributed by atoms with van der Waals surface area (Å²) in [6.07, 6.45) is -0.738. The number of nitrogens with one attached hydrogen (secondary N) is 1. The predicted molar refractivity (Wildman–Crippen MR) is 106 cm³/mol. The van der Waals surface area contributed by atoms with Crippen LogP contribution in [0.2, 0.25) is 0 Å². The largest absolute Gasteiger partial charge is 0.477 e. The van der Waals surface area contributed by atoms with Crippen LogP contribution in [0.4, 0.5) is 18.9 Å². The monoisotopic (exact) mass is 447 g/mol. The van der Waals surface area contributed by atoms with Gasteiger partial charge in [-0.3, -0.25) is 4.79 Å². The summed E-state index contributed by atoms with van der Waals surface area (Å²) in [5, 5.41) is 12.0. The number of carboxylic acids is 1. The van der Waals surface area contributed by atoms with Crippen LogP contribution in [0.5, 0.6) is 5.88 Å². The number of fused-ring (bicyclic) bond motifs is 2. The van der Waals surface area contributed by atoms with Gasteiger partial charge in [0.2, 0.25) is 11.8 Å². The third-order valence-electron chi connectivity index (χ3n) is 6.54. The molecule has 0 bridgehead atoms. The van der Waals surface area contributed by atoms with E-state index in [1.807, 2.05) is 0 Å². The van der Waals surface area contributed by atoms with Crippen LogP contribution in [0.1, 0.15) is 71.8 Å². The zero-order chi connectivity index (χ0) is 22.7. The Balaban J connectivity index is 1.36. The lowest BCUT2D eigenvalue weighted by atomic mass is 9.71. The van der Waals surface area contributed by atoms with Gasteiger partial charge in [-0.25, -0.2) is 14.8 Å². The minimum Gasteiger partial charge on any atom is -0.477 e. The molecule has 3 aliphatic rings. The van der Waals surface area contributed by atoms with Crippen molar-refractivity contribution in [2.24, 2.45) is 0 Å². The number of carbonyl (C=O) groups excluding carboxylic acids is 1. The fourth-order valence-corrected chi connectivity index (χ4v) is 4.62. The molecule has 1 aliphatic heterocycles. The van der Waals surface area contributed by atoms with Crippen LogP contribution in [-0.2, 0) is 16.4 Å². The second kappa shape index (κ2) is 7.18. The van der Waals surface area contributed by atoms with Crippen LogP contribution in [-0.4, -0.2) is 33.1 Å². The highest BCUT2D eigenvalue weighted by atomic mass is 19.4. The number of carboxylic acid groups (broad SMARTS) is 1. The zero-order valence-corrected chi connectivity index (χ0v) is 16.9. The molecule has 0 unspecified atom stereocenters. The van der Waals surface area contributed by atoms with E-state index >= 15 is 0 Å². The topological polar surface area (TPSA) is 101 Å². The lowest BCUT2D eigenvalue weighted by Gasteiger charge is -2.35. The Labute approximate surface area is 181 Å². The van der Waals surface area contributed by atoms with Crippen molar-refractivity contribution in [3.63, 3.8) is 0 Å². The average Bonchev–Trinajstić information content (AvgIpc) is 3.56. The molecule has 168 valence electrons. The highest BCUT2D eigenvalue weighted by molar-refractivity contribution is 6.06. The molecule has 2 saturated carbocycles. The van der Waals surface area contributed by atoms with Crippen molar-refractivity contribution in [2.45, 2.75) is 62.1 Å². The lowest BCUT2D eigenvalue weighted by molar-refractivity contribution is -0.139. The molecule has 32 heavy (non-hydrogen) atoms. The Kier molecular flexibility index (Phi) is 4.65. The number of anilines is 1. The zero-order valence-electron chi connectivity index (χ0n) is 16.9. The van der Waals surface area contributed by atoms with E-state index in [1.54, 1.807) is 0 Å². The second-order valence-electron chi connectivity index (χ2n) is 8.64. The van der Waals surface area contributed by atoms with Gasteiger partial charge in [0.05, 0.1) is 16.8 Å². The fourth-order valence-electron chi connectivity index (χ4n) is 4.62. The van der Waals surface area contributed by atoms with Crippen LogP contribution in [0, 0.1) is 0 Å². The van der Waals surface area contributed by atoms with Crippen molar-refractivity contribution >= 4 is 17.6 Å². The van der Waals surface area contributed by atoms with Gasteiger partial charge in [-0.2, -0.15) is 13.2 Å². The van der Waals surface area contributed by atoms with Crippen molar-refractivity contribution in [3.05, 3.63) is 46.9 Å². The molecule has 5 rings (SSSR count). The van der Waals surface area contributed by atoms with Gasteiger partial charge in [0, 0.05) is 6.20 Å². The number of aromatic nitrogens is 2. The molecule has 1 amide bonds. The third kappa shape index (κ3) is 3.47. The number of aromatic carboxylic acids is 1. The molecule has 0 aromatic carbocycles. The number of hydrogen-bond donors (Lipinski definition) is 2. The van der Waals surface area contributed by atoms with Gasteiger partial charge in [0.25, 0.3) is 0 Å². The number of rotatable bonds is 4. The van der Waals surface area contributed by atoms with Gasteiger partial charge in [-0.15, -0.1) is 0 Å². The first-order valence-corrected chi connectivity index (χ1v) is 10.5. The minimum absolute atomic E-state index is 0.135. The molecule has 2 aliphatic carbocycles. The number of hydrogen-bond acceptors (Lipinski definition) is 5. The van der Waals surface area contributed by atoms with Gasteiger partial charge in [-0.1, -0.05) is 0 Å². The summed E-state index contributed by atoms with van der Waals surface area (Å²) in [5.41, 5.74) is -0.616. The summed E-state index contributed by atoms with van der Waals surface area (Å²) in [4.78, 5) is 32.2. The van der Waals surface area contributed by atoms with Crippen LogP contribution in [0.3, 0.4) is 0 Å². The number of halogens is 3. The maximum absolute atomic E-state index is 13.6. The van der Waals surface area contributed by atoms with Crippen molar-refractivity contribution in [1.29, 1.82) is 0 Å². The molecular weight excluding hydrogens is 427 g/mol. The maximum Gasteiger partial charge on any atom is 0.421 e. The van der Waals surface area contributed by atoms with Crippen molar-refractivity contribution < 1.29 is 32.6 Å². The Morgan fingerprint density at radius 1 is 1.19 bits per heavy atom.